The lowest BCUT2D eigenvalue weighted by Crippen LogP contribution is -2.54. The molecule has 1 saturated carbocycles. The van der Waals surface area contributed by atoms with Crippen molar-refractivity contribution in [2.45, 2.75) is 68.8 Å². The van der Waals surface area contributed by atoms with E-state index in [1.54, 1.807) is 12.1 Å². The molecule has 0 aromatic heterocycles. The van der Waals surface area contributed by atoms with Gasteiger partial charge in [0, 0.05) is 37.5 Å². The zero-order valence-corrected chi connectivity index (χ0v) is 20.1. The van der Waals surface area contributed by atoms with Crippen molar-refractivity contribution in [1.29, 1.82) is 0 Å². The lowest BCUT2D eigenvalue weighted by molar-refractivity contribution is -0.231. The van der Waals surface area contributed by atoms with E-state index in [-0.39, 0.29) is 15.7 Å². The van der Waals surface area contributed by atoms with Crippen LogP contribution in [0.5, 0.6) is 5.75 Å². The highest BCUT2D eigenvalue weighted by Crippen LogP contribution is 2.41. The van der Waals surface area contributed by atoms with E-state index in [0.717, 1.165) is 54.4 Å². The van der Waals surface area contributed by atoms with Crippen LogP contribution in [0.25, 0.3) is 11.1 Å². The Bertz CT molecular complexity index is 1100. The van der Waals surface area contributed by atoms with E-state index in [1.165, 1.54) is 19.3 Å². The van der Waals surface area contributed by atoms with Gasteiger partial charge in [-0.1, -0.05) is 37.1 Å². The van der Waals surface area contributed by atoms with Crippen LogP contribution in [0, 0.1) is 0 Å². The van der Waals surface area contributed by atoms with Gasteiger partial charge in [0.1, 0.15) is 5.75 Å². The number of nitrogens with zero attached hydrogens (tertiary/aromatic N) is 1. The van der Waals surface area contributed by atoms with Gasteiger partial charge >= 0.3 is 0 Å². The predicted octanol–water partition coefficient (Wildman–Crippen LogP) is 5.44. The van der Waals surface area contributed by atoms with Gasteiger partial charge in [0.05, 0.1) is 22.3 Å². The number of benzene rings is 2. The second kappa shape index (κ2) is 8.64. The van der Waals surface area contributed by atoms with Crippen molar-refractivity contribution in [3.05, 3.63) is 47.0 Å². The number of likely N-dealkylation sites (tertiary alicyclic amines) is 1. The Balaban J connectivity index is 1.32. The van der Waals surface area contributed by atoms with E-state index in [0.29, 0.717) is 13.0 Å². The number of fused-ring (bicyclic) bond motifs is 1. The molecule has 2 aromatic carbocycles. The van der Waals surface area contributed by atoms with Gasteiger partial charge in [-0.25, -0.2) is 8.42 Å². The Hall–Kier alpha value is -1.60. The van der Waals surface area contributed by atoms with Gasteiger partial charge in [0.2, 0.25) is 5.79 Å². The van der Waals surface area contributed by atoms with Crippen molar-refractivity contribution < 1.29 is 17.9 Å². The van der Waals surface area contributed by atoms with E-state index < -0.39 is 15.6 Å². The topological polar surface area (TPSA) is 55.8 Å². The van der Waals surface area contributed by atoms with E-state index >= 15 is 0 Å². The standard InChI is InChI=1S/C25H30ClNO4S/c1-2-14-32(28,29)24-9-7-19(16-22(24)26)18-6-8-23-20(15-18)17-30-25(31-23)10-12-27(13-11-25)21-4-3-5-21/h6-9,15-16,21H,2-5,10-14,17H2,1H3. The SMILES string of the molecule is CCCS(=O)(=O)c1ccc(-c2ccc3c(c2)COC2(CCN(C4CCC4)CC2)O3)cc1Cl. The zero-order chi connectivity index (χ0) is 22.3. The Kier molecular flexibility index (Phi) is 5.99. The summed E-state index contributed by atoms with van der Waals surface area (Å²) in [5.41, 5.74) is 2.85. The summed E-state index contributed by atoms with van der Waals surface area (Å²) in [5.74, 6) is 0.470. The highest BCUT2D eigenvalue weighted by molar-refractivity contribution is 7.91. The molecule has 7 heteroatoms. The highest BCUT2D eigenvalue weighted by Gasteiger charge is 2.42. The van der Waals surface area contributed by atoms with Crippen LogP contribution in [-0.4, -0.2) is 44.0 Å². The van der Waals surface area contributed by atoms with E-state index in [1.807, 2.05) is 25.1 Å². The number of piperidine rings is 1. The Morgan fingerprint density at radius 3 is 2.47 bits per heavy atom. The summed E-state index contributed by atoms with van der Waals surface area (Å²) in [4.78, 5) is 2.79. The molecule has 1 saturated heterocycles. The number of hydrogen-bond donors (Lipinski definition) is 0. The average Bonchev–Trinajstić information content (AvgIpc) is 2.73. The van der Waals surface area contributed by atoms with Crippen LogP contribution in [0.4, 0.5) is 0 Å². The maximum Gasteiger partial charge on any atom is 0.213 e. The molecule has 5 nitrogen and oxygen atoms in total. The number of ether oxygens (including phenoxy) is 2. The van der Waals surface area contributed by atoms with Crippen molar-refractivity contribution in [3.63, 3.8) is 0 Å². The predicted molar refractivity (Wildman–Crippen MR) is 126 cm³/mol. The fraction of sp³-hybridized carbons (Fsp3) is 0.520. The molecule has 2 aromatic rings. The molecule has 1 spiro atoms. The number of halogens is 1. The molecule has 2 fully saturated rings. The lowest BCUT2D eigenvalue weighted by atomic mass is 9.89. The Morgan fingerprint density at radius 1 is 1.09 bits per heavy atom. The van der Waals surface area contributed by atoms with Crippen LogP contribution < -0.4 is 4.74 Å². The summed E-state index contributed by atoms with van der Waals surface area (Å²) >= 11 is 6.36. The molecule has 3 aliphatic rings. The number of hydrogen-bond acceptors (Lipinski definition) is 5. The van der Waals surface area contributed by atoms with Gasteiger partial charge in [0.15, 0.2) is 9.84 Å². The third-order valence-electron chi connectivity index (χ3n) is 7.07. The van der Waals surface area contributed by atoms with E-state index in [9.17, 15) is 8.42 Å². The third kappa shape index (κ3) is 4.18. The lowest BCUT2D eigenvalue weighted by Gasteiger charge is -2.47. The fourth-order valence-corrected chi connectivity index (χ4v) is 6.87. The molecule has 32 heavy (non-hydrogen) atoms. The maximum absolute atomic E-state index is 12.4. The molecule has 2 aliphatic heterocycles. The summed E-state index contributed by atoms with van der Waals surface area (Å²) in [6.07, 6.45) is 6.37. The van der Waals surface area contributed by atoms with Crippen LogP contribution >= 0.6 is 11.6 Å². The normalized spacial score (nSPS) is 21.1. The summed E-state index contributed by atoms with van der Waals surface area (Å²) in [6.45, 7) is 4.43. The minimum atomic E-state index is -3.35. The van der Waals surface area contributed by atoms with Crippen LogP contribution in [0.3, 0.4) is 0 Å². The highest BCUT2D eigenvalue weighted by atomic mass is 35.5. The van der Waals surface area contributed by atoms with Crippen LogP contribution in [0.15, 0.2) is 41.3 Å². The summed E-state index contributed by atoms with van der Waals surface area (Å²) < 4.78 is 37.4. The molecule has 0 radical (unpaired) electrons. The molecule has 0 unspecified atom stereocenters. The molecular weight excluding hydrogens is 446 g/mol. The first-order valence-electron chi connectivity index (χ1n) is 11.6. The van der Waals surface area contributed by atoms with Crippen LogP contribution in [0.2, 0.25) is 5.02 Å². The molecule has 0 N–H and O–H groups in total. The maximum atomic E-state index is 12.4. The first kappa shape index (κ1) is 22.2. The smallest absolute Gasteiger partial charge is 0.213 e. The largest absolute Gasteiger partial charge is 0.462 e. The minimum absolute atomic E-state index is 0.0970. The second-order valence-corrected chi connectivity index (χ2v) is 11.7. The van der Waals surface area contributed by atoms with Crippen LogP contribution in [-0.2, 0) is 21.2 Å². The first-order valence-corrected chi connectivity index (χ1v) is 13.6. The Labute approximate surface area is 195 Å². The molecule has 5 rings (SSSR count). The van der Waals surface area contributed by atoms with Gasteiger partial charge < -0.3 is 9.47 Å². The third-order valence-corrected chi connectivity index (χ3v) is 9.47. The first-order chi connectivity index (χ1) is 15.4. The second-order valence-electron chi connectivity index (χ2n) is 9.21. The number of sulfone groups is 1. The molecule has 0 atom stereocenters. The van der Waals surface area contributed by atoms with Gasteiger partial charge in [-0.05, 0) is 54.7 Å². The van der Waals surface area contributed by atoms with Gasteiger partial charge in [0.25, 0.3) is 0 Å². The number of rotatable bonds is 5. The van der Waals surface area contributed by atoms with E-state index in [2.05, 4.69) is 11.0 Å². The van der Waals surface area contributed by atoms with Crippen LogP contribution in [0.1, 0.15) is 51.0 Å². The molecular formula is C25H30ClNO4S. The minimum Gasteiger partial charge on any atom is -0.462 e. The molecule has 1 aliphatic carbocycles. The summed E-state index contributed by atoms with van der Waals surface area (Å²) in [5, 5.41) is 0.262. The van der Waals surface area contributed by atoms with Crippen molar-refractivity contribution in [2.75, 3.05) is 18.8 Å². The van der Waals surface area contributed by atoms with E-state index in [4.69, 9.17) is 21.1 Å². The average molecular weight is 476 g/mol. The zero-order valence-electron chi connectivity index (χ0n) is 18.5. The molecule has 172 valence electrons. The van der Waals surface area contributed by atoms with Gasteiger partial charge in [-0.2, -0.15) is 0 Å². The molecule has 0 bridgehead atoms. The monoisotopic (exact) mass is 475 g/mol. The molecule has 0 amide bonds. The van der Waals surface area contributed by atoms with Crippen molar-refractivity contribution >= 4 is 21.4 Å². The fourth-order valence-electron chi connectivity index (χ4n) is 4.95. The van der Waals surface area contributed by atoms with Gasteiger partial charge in [-0.3, -0.25) is 4.90 Å². The molecule has 2 heterocycles. The Morgan fingerprint density at radius 2 is 1.81 bits per heavy atom. The quantitative estimate of drug-likeness (QED) is 0.576. The summed E-state index contributed by atoms with van der Waals surface area (Å²) in [6, 6.07) is 12.0. The van der Waals surface area contributed by atoms with Crippen molar-refractivity contribution in [1.82, 2.24) is 4.90 Å². The van der Waals surface area contributed by atoms with Gasteiger partial charge in [-0.15, -0.1) is 0 Å². The van der Waals surface area contributed by atoms with Crippen molar-refractivity contribution in [3.8, 4) is 16.9 Å². The van der Waals surface area contributed by atoms with Crippen molar-refractivity contribution in [2.24, 2.45) is 0 Å². The summed E-state index contributed by atoms with van der Waals surface area (Å²) in [7, 11) is -3.35.